The van der Waals surface area contributed by atoms with Crippen molar-refractivity contribution in [3.63, 3.8) is 0 Å². The quantitative estimate of drug-likeness (QED) is 0.240. The van der Waals surface area contributed by atoms with Gasteiger partial charge in [-0.25, -0.2) is 4.98 Å². The lowest BCUT2D eigenvalue weighted by molar-refractivity contribution is -0.136. The number of hydrogen-bond acceptors (Lipinski definition) is 10. The van der Waals surface area contributed by atoms with Gasteiger partial charge in [0.2, 0.25) is 11.0 Å². The minimum absolute atomic E-state index is 0.207. The van der Waals surface area contributed by atoms with E-state index in [2.05, 4.69) is 20.8 Å². The van der Waals surface area contributed by atoms with Crippen molar-refractivity contribution >= 4 is 61.8 Å². The number of thiazole rings is 1. The number of nitrogens with zero attached hydrogens (tertiary/aromatic N) is 2. The van der Waals surface area contributed by atoms with Gasteiger partial charge in [0.05, 0.1) is 30.0 Å². The molecule has 1 atom stereocenters. The van der Waals surface area contributed by atoms with Crippen LogP contribution in [0.4, 0.5) is 9.93 Å². The number of carbonyl (C=O) groups is 3. The number of fused-ring (bicyclic) bond motifs is 1. The number of hydrazone groups is 1. The Balaban J connectivity index is 1.39. The Kier molecular flexibility index (Phi) is 6.14. The second-order valence-electron chi connectivity index (χ2n) is 6.33. The highest BCUT2D eigenvalue weighted by molar-refractivity contribution is 8.15. The lowest BCUT2D eigenvalue weighted by atomic mass is 10.2. The van der Waals surface area contributed by atoms with Crippen LogP contribution in [0.25, 0.3) is 10.2 Å². The number of esters is 1. The maximum absolute atomic E-state index is 12.2. The monoisotopic (exact) mass is 456 g/mol. The number of carbonyl (C=O) groups excluding carboxylic acids is 3. The molecule has 2 amide bonds. The lowest BCUT2D eigenvalue weighted by Gasteiger charge is -2.10. The molecular weight excluding hydrogens is 440 g/mol. The molecule has 1 aliphatic heterocycles. The number of para-hydroxylation sites is 1. The molecule has 3 aromatic rings. The average molecular weight is 457 g/mol. The minimum Gasteiger partial charge on any atom is -0.493 e. The zero-order chi connectivity index (χ0) is 21.8. The lowest BCUT2D eigenvalue weighted by Crippen LogP contribution is -2.27. The molecular formula is C20H16N4O5S2. The number of ether oxygens (including phenoxy) is 2. The number of thioether (sulfide) groups is 1. The van der Waals surface area contributed by atoms with E-state index in [1.165, 1.54) is 18.4 Å². The van der Waals surface area contributed by atoms with Crippen LogP contribution in [0, 0.1) is 0 Å². The Labute approximate surface area is 184 Å². The van der Waals surface area contributed by atoms with Crippen molar-refractivity contribution < 1.29 is 23.9 Å². The van der Waals surface area contributed by atoms with Gasteiger partial charge in [-0.1, -0.05) is 35.2 Å². The van der Waals surface area contributed by atoms with E-state index in [0.29, 0.717) is 16.4 Å². The molecule has 0 bridgehead atoms. The molecule has 0 radical (unpaired) electrons. The summed E-state index contributed by atoms with van der Waals surface area (Å²) < 4.78 is 11.7. The molecule has 2 N–H and O–H groups in total. The third-order valence-corrected chi connectivity index (χ3v) is 6.12. The van der Waals surface area contributed by atoms with Crippen molar-refractivity contribution in [1.82, 2.24) is 10.3 Å². The first-order chi connectivity index (χ1) is 15.0. The summed E-state index contributed by atoms with van der Waals surface area (Å²) >= 11 is 2.27. The predicted octanol–water partition coefficient (Wildman–Crippen LogP) is 3.40. The molecule has 4 rings (SSSR count). The summed E-state index contributed by atoms with van der Waals surface area (Å²) in [6, 6.07) is 12.7. The summed E-state index contributed by atoms with van der Waals surface area (Å²) in [7, 11) is 1.45. The summed E-state index contributed by atoms with van der Waals surface area (Å²) in [4.78, 5) is 39.4. The van der Waals surface area contributed by atoms with Crippen LogP contribution in [-0.2, 0) is 9.59 Å². The first-order valence-electron chi connectivity index (χ1n) is 9.06. The molecule has 0 spiro atoms. The van der Waals surface area contributed by atoms with E-state index in [1.807, 2.05) is 24.3 Å². The summed E-state index contributed by atoms with van der Waals surface area (Å²) in [6.07, 6.45) is 1.37. The van der Waals surface area contributed by atoms with Gasteiger partial charge >= 0.3 is 5.97 Å². The predicted molar refractivity (Wildman–Crippen MR) is 119 cm³/mol. The van der Waals surface area contributed by atoms with Crippen molar-refractivity contribution in [3.05, 3.63) is 48.0 Å². The van der Waals surface area contributed by atoms with E-state index in [-0.39, 0.29) is 12.2 Å². The van der Waals surface area contributed by atoms with Crippen LogP contribution in [0.2, 0.25) is 0 Å². The number of hydrogen-bond donors (Lipinski definition) is 2. The van der Waals surface area contributed by atoms with E-state index in [0.717, 1.165) is 22.0 Å². The molecule has 11 heteroatoms. The maximum atomic E-state index is 12.2. The summed E-state index contributed by atoms with van der Waals surface area (Å²) in [6.45, 7) is 0. The standard InChI is InChI=1S/C20H16N4O5S2/c1-28-14-8-11(10-21-24-19-22-12-4-2-3-5-15(12)30-19)6-7-13(14)29-17(25)9-16-18(26)23-20(27)31-16/h2-8,10,16H,9H2,1H3,(H,22,24)(H,23,26,27)/b21-10-/t16-/m0/s1. The normalized spacial score (nSPS) is 16.0. The van der Waals surface area contributed by atoms with Crippen molar-refractivity contribution in [2.75, 3.05) is 12.5 Å². The SMILES string of the molecule is COc1cc(/C=N\Nc2nc3ccccc3s2)ccc1OC(=O)C[C@@H]1SC(=O)NC1=O. The van der Waals surface area contributed by atoms with Gasteiger partial charge in [0.25, 0.3) is 5.24 Å². The highest BCUT2D eigenvalue weighted by Crippen LogP contribution is 2.30. The van der Waals surface area contributed by atoms with Gasteiger partial charge in [-0.05, 0) is 35.9 Å². The molecule has 1 aromatic heterocycles. The minimum atomic E-state index is -0.786. The second kappa shape index (κ2) is 9.14. The molecule has 1 fully saturated rings. The fraction of sp³-hybridized carbons (Fsp3) is 0.150. The van der Waals surface area contributed by atoms with Crippen LogP contribution in [0.3, 0.4) is 0 Å². The number of amides is 2. The molecule has 2 heterocycles. The summed E-state index contributed by atoms with van der Waals surface area (Å²) in [5.74, 6) is -0.596. The molecule has 0 saturated carbocycles. The first-order valence-corrected chi connectivity index (χ1v) is 10.8. The molecule has 1 saturated heterocycles. The van der Waals surface area contributed by atoms with Crippen molar-refractivity contribution in [2.24, 2.45) is 5.10 Å². The average Bonchev–Trinajstić information content (AvgIpc) is 3.30. The van der Waals surface area contributed by atoms with E-state index >= 15 is 0 Å². The van der Waals surface area contributed by atoms with E-state index in [1.54, 1.807) is 24.4 Å². The Hall–Kier alpha value is -3.44. The highest BCUT2D eigenvalue weighted by atomic mass is 32.2. The highest BCUT2D eigenvalue weighted by Gasteiger charge is 2.34. The van der Waals surface area contributed by atoms with Gasteiger partial charge < -0.3 is 9.47 Å². The van der Waals surface area contributed by atoms with E-state index in [9.17, 15) is 14.4 Å². The van der Waals surface area contributed by atoms with Crippen molar-refractivity contribution in [1.29, 1.82) is 0 Å². The zero-order valence-electron chi connectivity index (χ0n) is 16.2. The van der Waals surface area contributed by atoms with Gasteiger partial charge in [-0.15, -0.1) is 0 Å². The number of nitrogens with one attached hydrogen (secondary N) is 2. The maximum Gasteiger partial charge on any atom is 0.312 e. The van der Waals surface area contributed by atoms with Gasteiger partial charge in [0.15, 0.2) is 11.5 Å². The molecule has 0 unspecified atom stereocenters. The first kappa shape index (κ1) is 20.8. The Bertz CT molecular complexity index is 1160. The van der Waals surface area contributed by atoms with Crippen molar-refractivity contribution in [3.8, 4) is 11.5 Å². The summed E-state index contributed by atoms with van der Waals surface area (Å²) in [5, 5.41) is 5.73. The Morgan fingerprint density at radius 3 is 2.84 bits per heavy atom. The topological polar surface area (TPSA) is 119 Å². The second-order valence-corrected chi connectivity index (χ2v) is 8.53. The third kappa shape index (κ3) is 5.01. The number of imide groups is 1. The van der Waals surface area contributed by atoms with Crippen LogP contribution in [-0.4, -0.2) is 40.7 Å². The fourth-order valence-corrected chi connectivity index (χ4v) is 4.39. The molecule has 1 aliphatic rings. The van der Waals surface area contributed by atoms with Crippen LogP contribution in [0.5, 0.6) is 11.5 Å². The van der Waals surface area contributed by atoms with E-state index < -0.39 is 22.4 Å². The van der Waals surface area contributed by atoms with Crippen LogP contribution < -0.4 is 20.2 Å². The van der Waals surface area contributed by atoms with E-state index in [4.69, 9.17) is 9.47 Å². The number of benzene rings is 2. The number of methoxy groups -OCH3 is 1. The number of rotatable bonds is 7. The van der Waals surface area contributed by atoms with Crippen LogP contribution in [0.1, 0.15) is 12.0 Å². The van der Waals surface area contributed by atoms with Gasteiger partial charge in [-0.2, -0.15) is 5.10 Å². The molecule has 0 aliphatic carbocycles. The number of aromatic nitrogens is 1. The van der Waals surface area contributed by atoms with Crippen LogP contribution in [0.15, 0.2) is 47.6 Å². The Morgan fingerprint density at radius 1 is 1.26 bits per heavy atom. The number of anilines is 1. The van der Waals surface area contributed by atoms with Gasteiger partial charge in [-0.3, -0.25) is 25.1 Å². The molecule has 158 valence electrons. The third-order valence-electron chi connectivity index (χ3n) is 4.20. The van der Waals surface area contributed by atoms with Crippen LogP contribution >= 0.6 is 23.1 Å². The van der Waals surface area contributed by atoms with Gasteiger partial charge in [0, 0.05) is 0 Å². The molecule has 2 aromatic carbocycles. The molecule has 31 heavy (non-hydrogen) atoms. The van der Waals surface area contributed by atoms with Gasteiger partial charge in [0.1, 0.15) is 5.25 Å². The Morgan fingerprint density at radius 2 is 2.10 bits per heavy atom. The fourth-order valence-electron chi connectivity index (χ4n) is 2.77. The summed E-state index contributed by atoms with van der Waals surface area (Å²) in [5.41, 5.74) is 4.51. The molecule has 9 nitrogen and oxygen atoms in total. The zero-order valence-corrected chi connectivity index (χ0v) is 17.8. The largest absolute Gasteiger partial charge is 0.493 e. The smallest absolute Gasteiger partial charge is 0.312 e. The van der Waals surface area contributed by atoms with Crippen molar-refractivity contribution in [2.45, 2.75) is 11.7 Å².